The Balaban J connectivity index is 1.60. The Morgan fingerprint density at radius 3 is 2.83 bits per heavy atom. The van der Waals surface area contributed by atoms with E-state index in [0.29, 0.717) is 13.1 Å². The first kappa shape index (κ1) is 15.2. The number of hydrogen-bond acceptors (Lipinski definition) is 3. The molecule has 0 atom stereocenters. The molecule has 3 aromatic rings. The molecule has 5 heteroatoms. The van der Waals surface area contributed by atoms with E-state index in [0.717, 1.165) is 16.7 Å². The van der Waals surface area contributed by atoms with E-state index in [1.54, 1.807) is 23.6 Å². The van der Waals surface area contributed by atoms with Gasteiger partial charge in [0, 0.05) is 25.0 Å². The van der Waals surface area contributed by atoms with E-state index in [9.17, 15) is 4.79 Å². The van der Waals surface area contributed by atoms with E-state index in [4.69, 9.17) is 0 Å². The lowest BCUT2D eigenvalue weighted by atomic mass is 10.1. The van der Waals surface area contributed by atoms with E-state index in [1.165, 1.54) is 0 Å². The molecule has 2 heterocycles. The third kappa shape index (κ3) is 4.40. The molecule has 0 spiro atoms. The molecule has 4 nitrogen and oxygen atoms in total. The van der Waals surface area contributed by atoms with Crippen molar-refractivity contribution in [1.29, 1.82) is 0 Å². The predicted octanol–water partition coefficient (Wildman–Crippen LogP) is 3.32. The first-order chi connectivity index (χ1) is 11.3. The van der Waals surface area contributed by atoms with Gasteiger partial charge in [0.05, 0.1) is 6.54 Å². The lowest BCUT2D eigenvalue weighted by Crippen LogP contribution is -2.21. The Kier molecular flexibility index (Phi) is 5.01. The third-order valence-corrected chi connectivity index (χ3v) is 4.13. The fraction of sp³-hybridized carbons (Fsp3) is 0.111. The zero-order chi connectivity index (χ0) is 15.9. The Labute approximate surface area is 139 Å². The molecule has 0 aliphatic rings. The highest BCUT2D eigenvalue weighted by atomic mass is 32.1. The van der Waals surface area contributed by atoms with Gasteiger partial charge in [-0.05, 0) is 45.7 Å². The van der Waals surface area contributed by atoms with Crippen LogP contribution in [-0.4, -0.2) is 15.7 Å². The van der Waals surface area contributed by atoms with Crippen LogP contribution in [0, 0.1) is 0 Å². The molecule has 0 radical (unpaired) electrons. The highest BCUT2D eigenvalue weighted by molar-refractivity contribution is 7.08. The average Bonchev–Trinajstić information content (AvgIpc) is 3.25. The predicted molar refractivity (Wildman–Crippen MR) is 93.0 cm³/mol. The normalized spacial score (nSPS) is 11.0. The fourth-order valence-corrected chi connectivity index (χ4v) is 2.86. The zero-order valence-corrected chi connectivity index (χ0v) is 13.4. The van der Waals surface area contributed by atoms with Gasteiger partial charge in [-0.2, -0.15) is 16.4 Å². The van der Waals surface area contributed by atoms with Crippen molar-refractivity contribution < 1.29 is 4.79 Å². The second-order valence-electron chi connectivity index (χ2n) is 5.08. The number of carbonyl (C=O) groups excluding carboxylic acids is 1. The fourth-order valence-electron chi connectivity index (χ4n) is 2.24. The van der Waals surface area contributed by atoms with Gasteiger partial charge in [-0.3, -0.25) is 9.48 Å². The van der Waals surface area contributed by atoms with E-state index in [2.05, 4.69) is 16.5 Å². The summed E-state index contributed by atoms with van der Waals surface area (Å²) >= 11 is 1.61. The van der Waals surface area contributed by atoms with Gasteiger partial charge in [0.15, 0.2) is 0 Å². The van der Waals surface area contributed by atoms with Crippen LogP contribution in [0.2, 0.25) is 0 Å². The quantitative estimate of drug-likeness (QED) is 0.707. The maximum Gasteiger partial charge on any atom is 0.244 e. The standard InChI is InChI=1S/C18H17N3OS/c22-18(7-6-15-8-11-23-14-15)19-12-16-4-1-2-5-17(16)13-21-10-3-9-20-21/h1-11,14H,12-13H2,(H,19,22)/b7-6+. The first-order valence-corrected chi connectivity index (χ1v) is 8.28. The van der Waals surface area contributed by atoms with Crippen molar-refractivity contribution in [3.05, 3.63) is 82.3 Å². The zero-order valence-electron chi connectivity index (χ0n) is 12.6. The van der Waals surface area contributed by atoms with Crippen LogP contribution in [0.4, 0.5) is 0 Å². The first-order valence-electron chi connectivity index (χ1n) is 7.33. The molecule has 3 rings (SSSR count). The Morgan fingerprint density at radius 1 is 1.22 bits per heavy atom. The molecule has 2 aromatic heterocycles. The van der Waals surface area contributed by atoms with Crippen molar-refractivity contribution in [1.82, 2.24) is 15.1 Å². The molecule has 0 saturated carbocycles. The van der Waals surface area contributed by atoms with Gasteiger partial charge < -0.3 is 5.32 Å². The summed E-state index contributed by atoms with van der Waals surface area (Å²) in [6.45, 7) is 1.20. The van der Waals surface area contributed by atoms with Crippen LogP contribution in [0.1, 0.15) is 16.7 Å². The van der Waals surface area contributed by atoms with Crippen molar-refractivity contribution in [2.75, 3.05) is 0 Å². The van der Waals surface area contributed by atoms with Gasteiger partial charge >= 0.3 is 0 Å². The summed E-state index contributed by atoms with van der Waals surface area (Å²) in [6, 6.07) is 12.0. The van der Waals surface area contributed by atoms with E-state index >= 15 is 0 Å². The monoisotopic (exact) mass is 323 g/mol. The van der Waals surface area contributed by atoms with E-state index in [-0.39, 0.29) is 5.91 Å². The molecule has 1 N–H and O–H groups in total. The van der Waals surface area contributed by atoms with Crippen LogP contribution in [0.3, 0.4) is 0 Å². The summed E-state index contributed by atoms with van der Waals surface area (Å²) < 4.78 is 1.87. The van der Waals surface area contributed by atoms with Crippen molar-refractivity contribution in [2.24, 2.45) is 0 Å². The molecule has 1 amide bonds. The molecular formula is C18H17N3OS. The molecule has 0 saturated heterocycles. The maximum atomic E-state index is 11.9. The second-order valence-corrected chi connectivity index (χ2v) is 5.86. The number of aromatic nitrogens is 2. The smallest absolute Gasteiger partial charge is 0.244 e. The number of thiophene rings is 1. The van der Waals surface area contributed by atoms with Gasteiger partial charge in [-0.15, -0.1) is 0 Å². The van der Waals surface area contributed by atoms with Gasteiger partial charge in [-0.1, -0.05) is 24.3 Å². The lowest BCUT2D eigenvalue weighted by Gasteiger charge is -2.10. The number of hydrogen-bond donors (Lipinski definition) is 1. The molecule has 23 heavy (non-hydrogen) atoms. The summed E-state index contributed by atoms with van der Waals surface area (Å²) in [5.74, 6) is -0.0925. The van der Waals surface area contributed by atoms with Gasteiger partial charge in [0.25, 0.3) is 0 Å². The minimum absolute atomic E-state index is 0.0925. The Morgan fingerprint density at radius 2 is 2.09 bits per heavy atom. The van der Waals surface area contributed by atoms with Crippen LogP contribution < -0.4 is 5.32 Å². The second kappa shape index (κ2) is 7.56. The molecule has 1 aromatic carbocycles. The van der Waals surface area contributed by atoms with Gasteiger partial charge in [-0.25, -0.2) is 0 Å². The number of benzene rings is 1. The van der Waals surface area contributed by atoms with Crippen molar-refractivity contribution in [2.45, 2.75) is 13.1 Å². The maximum absolute atomic E-state index is 11.9. The molecule has 0 bridgehead atoms. The summed E-state index contributed by atoms with van der Waals surface area (Å²) in [4.78, 5) is 11.9. The summed E-state index contributed by atoms with van der Waals surface area (Å²) in [6.07, 6.45) is 7.08. The van der Waals surface area contributed by atoms with Crippen LogP contribution >= 0.6 is 11.3 Å². The van der Waals surface area contributed by atoms with E-state index in [1.807, 2.05) is 58.0 Å². The number of amides is 1. The topological polar surface area (TPSA) is 46.9 Å². The van der Waals surface area contributed by atoms with Gasteiger partial charge in [0.2, 0.25) is 5.91 Å². The highest BCUT2D eigenvalue weighted by Crippen LogP contribution is 2.11. The average molecular weight is 323 g/mol. The van der Waals surface area contributed by atoms with Crippen LogP contribution in [0.5, 0.6) is 0 Å². The lowest BCUT2D eigenvalue weighted by molar-refractivity contribution is -0.116. The van der Waals surface area contributed by atoms with E-state index < -0.39 is 0 Å². The summed E-state index contributed by atoms with van der Waals surface area (Å²) in [7, 11) is 0. The molecule has 0 aliphatic carbocycles. The summed E-state index contributed by atoms with van der Waals surface area (Å²) in [5.41, 5.74) is 3.29. The SMILES string of the molecule is O=C(/C=C/c1ccsc1)NCc1ccccc1Cn1cccn1. The minimum atomic E-state index is -0.0925. The molecule has 0 fully saturated rings. The molecule has 0 aliphatic heterocycles. The largest absolute Gasteiger partial charge is 0.348 e. The third-order valence-electron chi connectivity index (χ3n) is 3.43. The molecular weight excluding hydrogens is 306 g/mol. The number of nitrogens with zero attached hydrogens (tertiary/aromatic N) is 2. The highest BCUT2D eigenvalue weighted by Gasteiger charge is 2.04. The summed E-state index contributed by atoms with van der Waals surface area (Å²) in [5, 5.41) is 11.1. The van der Waals surface area contributed by atoms with Crippen LogP contribution in [0.15, 0.2) is 65.6 Å². The van der Waals surface area contributed by atoms with Crippen LogP contribution in [0.25, 0.3) is 6.08 Å². The minimum Gasteiger partial charge on any atom is -0.348 e. The van der Waals surface area contributed by atoms with Crippen molar-refractivity contribution >= 4 is 23.3 Å². The van der Waals surface area contributed by atoms with Crippen molar-refractivity contribution in [3.8, 4) is 0 Å². The number of carbonyl (C=O) groups is 1. The number of nitrogens with one attached hydrogen (secondary N) is 1. The van der Waals surface area contributed by atoms with Crippen LogP contribution in [-0.2, 0) is 17.9 Å². The van der Waals surface area contributed by atoms with Crippen molar-refractivity contribution in [3.63, 3.8) is 0 Å². The number of rotatable bonds is 6. The molecule has 0 unspecified atom stereocenters. The molecule has 116 valence electrons. The Hall–Kier alpha value is -2.66. The Bertz CT molecular complexity index is 776. The van der Waals surface area contributed by atoms with Gasteiger partial charge in [0.1, 0.15) is 0 Å².